The highest BCUT2D eigenvalue weighted by Gasteiger charge is 1.99. The highest BCUT2D eigenvalue weighted by Crippen LogP contribution is 2.19. The molecule has 0 spiro atoms. The van der Waals surface area contributed by atoms with E-state index >= 15 is 0 Å². The van der Waals surface area contributed by atoms with E-state index in [1.54, 1.807) is 0 Å². The zero-order valence-electron chi connectivity index (χ0n) is 10.7. The van der Waals surface area contributed by atoms with Crippen molar-refractivity contribution < 1.29 is 9.47 Å². The molecule has 0 radical (unpaired) electrons. The molecule has 0 amide bonds. The first kappa shape index (κ1) is 13.6. The standard InChI is InChI=1S/C14H21NO2/c1-4-15-10-12(3)11-17-14-8-6-7-13(9-14)16-5-2/h6-9,15H,3-5,10-11H2,1-2H3. The maximum atomic E-state index is 5.63. The van der Waals surface area contributed by atoms with Gasteiger partial charge in [0, 0.05) is 12.6 Å². The molecule has 0 aliphatic carbocycles. The lowest BCUT2D eigenvalue weighted by molar-refractivity contribution is 0.327. The number of benzene rings is 1. The zero-order chi connectivity index (χ0) is 12.5. The van der Waals surface area contributed by atoms with E-state index < -0.39 is 0 Å². The molecule has 0 saturated carbocycles. The van der Waals surface area contributed by atoms with Crippen LogP contribution in [0.2, 0.25) is 0 Å². The van der Waals surface area contributed by atoms with Gasteiger partial charge in [-0.05, 0) is 31.2 Å². The zero-order valence-corrected chi connectivity index (χ0v) is 10.7. The Morgan fingerprint density at radius 2 is 1.94 bits per heavy atom. The van der Waals surface area contributed by atoms with Gasteiger partial charge in [0.05, 0.1) is 6.61 Å². The fraction of sp³-hybridized carbons (Fsp3) is 0.429. The van der Waals surface area contributed by atoms with Crippen molar-refractivity contribution in [3.63, 3.8) is 0 Å². The van der Waals surface area contributed by atoms with Crippen molar-refractivity contribution in [2.45, 2.75) is 13.8 Å². The van der Waals surface area contributed by atoms with Gasteiger partial charge in [0.1, 0.15) is 18.1 Å². The summed E-state index contributed by atoms with van der Waals surface area (Å²) in [5, 5.41) is 3.21. The SMILES string of the molecule is C=C(CNCC)COc1cccc(OCC)c1. The van der Waals surface area contributed by atoms with Gasteiger partial charge in [-0.1, -0.05) is 19.6 Å². The van der Waals surface area contributed by atoms with Crippen LogP contribution in [0.5, 0.6) is 11.5 Å². The second kappa shape index (κ2) is 7.74. The van der Waals surface area contributed by atoms with E-state index in [1.165, 1.54) is 0 Å². The minimum atomic E-state index is 0.530. The van der Waals surface area contributed by atoms with Gasteiger partial charge in [0.15, 0.2) is 0 Å². The summed E-state index contributed by atoms with van der Waals surface area (Å²) in [7, 11) is 0. The molecular weight excluding hydrogens is 214 g/mol. The topological polar surface area (TPSA) is 30.5 Å². The molecule has 0 saturated heterocycles. The van der Waals surface area contributed by atoms with Crippen LogP contribution in [0, 0.1) is 0 Å². The highest BCUT2D eigenvalue weighted by molar-refractivity contribution is 5.33. The van der Waals surface area contributed by atoms with Gasteiger partial charge in [-0.25, -0.2) is 0 Å². The Hall–Kier alpha value is -1.48. The van der Waals surface area contributed by atoms with Gasteiger partial charge in [-0.2, -0.15) is 0 Å². The third kappa shape index (κ3) is 5.41. The molecule has 0 unspecified atom stereocenters. The molecule has 1 aromatic rings. The van der Waals surface area contributed by atoms with Crippen LogP contribution in [0.1, 0.15) is 13.8 Å². The third-order valence-corrected chi connectivity index (χ3v) is 2.18. The average Bonchev–Trinajstić information content (AvgIpc) is 2.35. The quantitative estimate of drug-likeness (QED) is 0.703. The van der Waals surface area contributed by atoms with Crippen molar-refractivity contribution >= 4 is 0 Å². The predicted molar refractivity (Wildman–Crippen MR) is 70.8 cm³/mol. The first-order valence-electron chi connectivity index (χ1n) is 5.99. The van der Waals surface area contributed by atoms with E-state index in [9.17, 15) is 0 Å². The summed E-state index contributed by atoms with van der Waals surface area (Å²) in [6.07, 6.45) is 0. The van der Waals surface area contributed by atoms with Gasteiger partial charge in [-0.3, -0.25) is 0 Å². The number of likely N-dealkylation sites (N-methyl/N-ethyl adjacent to an activating group) is 1. The van der Waals surface area contributed by atoms with Crippen LogP contribution in [-0.2, 0) is 0 Å². The summed E-state index contributed by atoms with van der Waals surface area (Å²) in [4.78, 5) is 0. The Kier molecular flexibility index (Phi) is 6.18. The predicted octanol–water partition coefficient (Wildman–Crippen LogP) is 2.63. The summed E-state index contributed by atoms with van der Waals surface area (Å²) in [5.41, 5.74) is 1.04. The molecule has 0 aromatic heterocycles. The van der Waals surface area contributed by atoms with E-state index in [4.69, 9.17) is 9.47 Å². The third-order valence-electron chi connectivity index (χ3n) is 2.18. The molecule has 1 N–H and O–H groups in total. The molecule has 0 fully saturated rings. The van der Waals surface area contributed by atoms with E-state index in [1.807, 2.05) is 31.2 Å². The lowest BCUT2D eigenvalue weighted by atomic mass is 10.3. The van der Waals surface area contributed by atoms with Crippen molar-refractivity contribution in [3.05, 3.63) is 36.4 Å². The first-order chi connectivity index (χ1) is 8.26. The number of rotatable bonds is 8. The maximum absolute atomic E-state index is 5.63. The van der Waals surface area contributed by atoms with Crippen LogP contribution in [-0.4, -0.2) is 26.3 Å². The summed E-state index contributed by atoms with van der Waals surface area (Å²) in [5.74, 6) is 1.65. The van der Waals surface area contributed by atoms with Crippen LogP contribution >= 0.6 is 0 Å². The molecule has 0 aliphatic rings. The molecule has 3 nitrogen and oxygen atoms in total. The van der Waals surface area contributed by atoms with Crippen molar-refractivity contribution in [3.8, 4) is 11.5 Å². The second-order valence-corrected chi connectivity index (χ2v) is 3.73. The molecule has 17 heavy (non-hydrogen) atoms. The van der Waals surface area contributed by atoms with Gasteiger partial charge < -0.3 is 14.8 Å². The Labute approximate surface area is 103 Å². The van der Waals surface area contributed by atoms with E-state index in [0.29, 0.717) is 13.2 Å². The van der Waals surface area contributed by atoms with Crippen molar-refractivity contribution in [1.82, 2.24) is 5.32 Å². The lowest BCUT2D eigenvalue weighted by Crippen LogP contribution is -2.18. The van der Waals surface area contributed by atoms with Crippen LogP contribution < -0.4 is 14.8 Å². The fourth-order valence-electron chi connectivity index (χ4n) is 1.36. The fourth-order valence-corrected chi connectivity index (χ4v) is 1.36. The van der Waals surface area contributed by atoms with Gasteiger partial charge >= 0.3 is 0 Å². The van der Waals surface area contributed by atoms with Crippen molar-refractivity contribution in [1.29, 1.82) is 0 Å². The molecule has 1 aromatic carbocycles. The summed E-state index contributed by atoms with van der Waals surface area (Å²) >= 11 is 0. The van der Waals surface area contributed by atoms with Crippen molar-refractivity contribution in [2.24, 2.45) is 0 Å². The smallest absolute Gasteiger partial charge is 0.123 e. The molecule has 0 heterocycles. The molecular formula is C14H21NO2. The number of hydrogen-bond acceptors (Lipinski definition) is 3. The van der Waals surface area contributed by atoms with Gasteiger partial charge in [-0.15, -0.1) is 0 Å². The molecule has 0 atom stereocenters. The second-order valence-electron chi connectivity index (χ2n) is 3.73. The number of hydrogen-bond donors (Lipinski definition) is 1. The normalized spacial score (nSPS) is 10.0. The minimum absolute atomic E-state index is 0.530. The van der Waals surface area contributed by atoms with E-state index in [0.717, 1.165) is 30.2 Å². The van der Waals surface area contributed by atoms with Crippen LogP contribution in [0.4, 0.5) is 0 Å². The molecule has 0 aliphatic heterocycles. The minimum Gasteiger partial charge on any atom is -0.494 e. The Morgan fingerprint density at radius 1 is 1.24 bits per heavy atom. The maximum Gasteiger partial charge on any atom is 0.123 e. The molecule has 0 bridgehead atoms. The summed E-state index contributed by atoms with van der Waals surface area (Å²) in [6, 6.07) is 7.66. The Bertz CT molecular complexity index is 350. The largest absolute Gasteiger partial charge is 0.494 e. The van der Waals surface area contributed by atoms with Gasteiger partial charge in [0.25, 0.3) is 0 Å². The van der Waals surface area contributed by atoms with Crippen LogP contribution in [0.15, 0.2) is 36.4 Å². The lowest BCUT2D eigenvalue weighted by Gasteiger charge is -2.10. The van der Waals surface area contributed by atoms with Crippen LogP contribution in [0.25, 0.3) is 0 Å². The average molecular weight is 235 g/mol. The molecule has 3 heteroatoms. The summed E-state index contributed by atoms with van der Waals surface area (Å²) < 4.78 is 11.0. The number of nitrogens with one attached hydrogen (secondary N) is 1. The van der Waals surface area contributed by atoms with Crippen molar-refractivity contribution in [2.75, 3.05) is 26.3 Å². The van der Waals surface area contributed by atoms with Crippen LogP contribution in [0.3, 0.4) is 0 Å². The highest BCUT2D eigenvalue weighted by atomic mass is 16.5. The Balaban J connectivity index is 2.40. The molecule has 94 valence electrons. The summed E-state index contributed by atoms with van der Waals surface area (Å²) in [6.45, 7) is 10.9. The van der Waals surface area contributed by atoms with Gasteiger partial charge in [0.2, 0.25) is 0 Å². The molecule has 1 rings (SSSR count). The Morgan fingerprint density at radius 3 is 2.59 bits per heavy atom. The van der Waals surface area contributed by atoms with E-state index in [2.05, 4.69) is 18.8 Å². The van der Waals surface area contributed by atoms with E-state index in [-0.39, 0.29) is 0 Å². The number of ether oxygens (including phenoxy) is 2. The first-order valence-corrected chi connectivity index (χ1v) is 5.99. The monoisotopic (exact) mass is 235 g/mol.